The Balaban J connectivity index is 0.000000856. The number of rotatable bonds is 7. The largest absolute Gasteiger partial charge is 0.481 e. The molecule has 1 aromatic carbocycles. The van der Waals surface area contributed by atoms with Gasteiger partial charge in [-0.3, -0.25) is 14.4 Å². The molecule has 0 spiro atoms. The van der Waals surface area contributed by atoms with E-state index in [2.05, 4.69) is 10.2 Å². The van der Waals surface area contributed by atoms with Crippen LogP contribution in [0.25, 0.3) is 0 Å². The minimum absolute atomic E-state index is 0. The summed E-state index contributed by atoms with van der Waals surface area (Å²) >= 11 is 12.0. The maximum atomic E-state index is 12.8. The third kappa shape index (κ3) is 10.9. The molecule has 1 unspecified atom stereocenters. The second kappa shape index (κ2) is 16.4. The summed E-state index contributed by atoms with van der Waals surface area (Å²) in [4.78, 5) is 36.9. The van der Waals surface area contributed by atoms with E-state index in [1.54, 1.807) is 12.1 Å². The van der Waals surface area contributed by atoms with Crippen LogP contribution in [0.2, 0.25) is 10.0 Å². The van der Waals surface area contributed by atoms with Crippen molar-refractivity contribution in [2.24, 2.45) is 5.73 Å². The van der Waals surface area contributed by atoms with Crippen LogP contribution in [0.4, 0.5) is 0 Å². The lowest BCUT2D eigenvalue weighted by atomic mass is 10.1. The number of benzene rings is 1. The van der Waals surface area contributed by atoms with Crippen molar-refractivity contribution < 1.29 is 24.6 Å². The monoisotopic (exact) mass is 560 g/mol. The Hall–Kier alpha value is -1.33. The number of hydrogen-bond donors (Lipinski definition) is 4. The molecular formula is C21H32Cl4N4O5. The predicted octanol–water partition coefficient (Wildman–Crippen LogP) is 2.15. The zero-order valence-electron chi connectivity index (χ0n) is 18.6. The molecule has 0 aliphatic carbocycles. The molecule has 2 atom stereocenters. The number of nitrogens with zero attached hydrogens (tertiary/aromatic N) is 2. The number of hydrogen-bond acceptors (Lipinski definition) is 6. The summed E-state index contributed by atoms with van der Waals surface area (Å²) in [6.07, 6.45) is 2.40. The van der Waals surface area contributed by atoms with Crippen LogP contribution in [0.5, 0.6) is 0 Å². The second-order valence-corrected chi connectivity index (χ2v) is 8.74. The first-order valence-corrected chi connectivity index (χ1v) is 11.3. The van der Waals surface area contributed by atoms with E-state index >= 15 is 0 Å². The lowest BCUT2D eigenvalue weighted by molar-refractivity contribution is -0.144. The number of carboxylic acid groups (broad SMARTS) is 2. The van der Waals surface area contributed by atoms with Gasteiger partial charge in [0.1, 0.15) is 6.04 Å². The van der Waals surface area contributed by atoms with E-state index in [1.807, 2.05) is 11.0 Å². The van der Waals surface area contributed by atoms with Gasteiger partial charge in [0.05, 0.1) is 28.9 Å². The molecule has 194 valence electrons. The van der Waals surface area contributed by atoms with Gasteiger partial charge in [0.25, 0.3) is 0 Å². The Bertz CT molecular complexity index is 811. The summed E-state index contributed by atoms with van der Waals surface area (Å²) in [7, 11) is 0. The van der Waals surface area contributed by atoms with E-state index in [0.717, 1.165) is 44.8 Å². The molecule has 5 N–H and O–H groups in total. The topological polar surface area (TPSA) is 136 Å². The quantitative estimate of drug-likeness (QED) is 0.397. The van der Waals surface area contributed by atoms with Gasteiger partial charge in [0, 0.05) is 26.2 Å². The van der Waals surface area contributed by atoms with Crippen molar-refractivity contribution in [2.75, 3.05) is 39.3 Å². The van der Waals surface area contributed by atoms with Crippen LogP contribution >= 0.6 is 48.0 Å². The van der Waals surface area contributed by atoms with E-state index in [9.17, 15) is 14.4 Å². The molecule has 34 heavy (non-hydrogen) atoms. The van der Waals surface area contributed by atoms with Crippen LogP contribution in [0.15, 0.2) is 18.2 Å². The van der Waals surface area contributed by atoms with E-state index in [4.69, 9.17) is 39.1 Å². The number of likely N-dealkylation sites (tertiary alicyclic amines) is 1. The van der Waals surface area contributed by atoms with E-state index < -0.39 is 24.4 Å². The van der Waals surface area contributed by atoms with Crippen molar-refractivity contribution >= 4 is 65.9 Å². The van der Waals surface area contributed by atoms with Crippen molar-refractivity contribution in [1.82, 2.24) is 15.1 Å². The van der Waals surface area contributed by atoms with Crippen molar-refractivity contribution in [2.45, 2.75) is 37.8 Å². The molecule has 1 amide bonds. The highest BCUT2D eigenvalue weighted by Gasteiger charge is 2.29. The zero-order chi connectivity index (χ0) is 23.7. The highest BCUT2D eigenvalue weighted by atomic mass is 35.5. The average Bonchev–Trinajstić information content (AvgIpc) is 3.24. The lowest BCUT2D eigenvalue weighted by Gasteiger charge is -2.38. The van der Waals surface area contributed by atoms with Crippen molar-refractivity contribution in [1.29, 1.82) is 0 Å². The number of carboxylic acids is 2. The summed E-state index contributed by atoms with van der Waals surface area (Å²) in [6.45, 7) is 5.81. The number of amides is 1. The molecule has 1 aromatic rings. The van der Waals surface area contributed by atoms with Crippen molar-refractivity contribution in [3.05, 3.63) is 33.8 Å². The Morgan fingerprint density at radius 1 is 1.09 bits per heavy atom. The summed E-state index contributed by atoms with van der Waals surface area (Å²) < 4.78 is 0. The highest BCUT2D eigenvalue weighted by molar-refractivity contribution is 6.42. The smallest absolute Gasteiger partial charge is 0.321 e. The molecule has 0 aromatic heterocycles. The maximum absolute atomic E-state index is 12.8. The average molecular weight is 562 g/mol. The normalized spacial score (nSPS) is 18.6. The predicted molar refractivity (Wildman–Crippen MR) is 137 cm³/mol. The van der Waals surface area contributed by atoms with Crippen LogP contribution in [-0.2, 0) is 20.8 Å². The Morgan fingerprint density at radius 3 is 2.26 bits per heavy atom. The molecule has 2 aliphatic heterocycles. The minimum Gasteiger partial charge on any atom is -0.481 e. The first kappa shape index (κ1) is 32.7. The van der Waals surface area contributed by atoms with Gasteiger partial charge in [-0.15, -0.1) is 24.8 Å². The third-order valence-corrected chi connectivity index (χ3v) is 6.13. The molecule has 2 aliphatic rings. The first-order valence-electron chi connectivity index (χ1n) is 10.5. The molecule has 9 nitrogen and oxygen atoms in total. The van der Waals surface area contributed by atoms with Gasteiger partial charge in [-0.2, -0.15) is 0 Å². The van der Waals surface area contributed by atoms with Crippen LogP contribution < -0.4 is 11.1 Å². The summed E-state index contributed by atoms with van der Waals surface area (Å²) in [6, 6.07) is 4.40. The fourth-order valence-corrected chi connectivity index (χ4v) is 4.04. The highest BCUT2D eigenvalue weighted by Crippen LogP contribution is 2.23. The van der Waals surface area contributed by atoms with Crippen LogP contribution in [-0.4, -0.2) is 89.2 Å². The van der Waals surface area contributed by atoms with E-state index in [-0.39, 0.29) is 36.8 Å². The molecule has 2 fully saturated rings. The van der Waals surface area contributed by atoms with E-state index in [0.29, 0.717) is 16.5 Å². The third-order valence-electron chi connectivity index (χ3n) is 5.39. The Morgan fingerprint density at radius 2 is 1.74 bits per heavy atom. The number of carbonyl (C=O) groups is 3. The molecule has 2 saturated heterocycles. The van der Waals surface area contributed by atoms with Gasteiger partial charge in [-0.25, -0.2) is 0 Å². The van der Waals surface area contributed by atoms with Crippen LogP contribution in [0, 0.1) is 0 Å². The molecular weight excluding hydrogens is 530 g/mol. The number of nitrogens with one attached hydrogen (secondary N) is 1. The molecule has 0 saturated carbocycles. The Labute approximate surface area is 221 Å². The van der Waals surface area contributed by atoms with Crippen LogP contribution in [0.3, 0.4) is 0 Å². The standard InChI is InChI=1S/C17H23Cl2N3O.C4H7NO4.2ClH/c18-15-4-3-13(9-16(15)19)10-17(23)22-8-5-20-11-14(22)12-21-6-1-2-7-21;5-2(4(8)9)1-3(6)7;;/h3-4,9,14,20H,1-2,5-8,10-12H2;2H,1,5H2,(H,6,7)(H,8,9);2*1H/t;2-;;/m.0../s1. The van der Waals surface area contributed by atoms with Gasteiger partial charge in [-0.1, -0.05) is 29.3 Å². The van der Waals surface area contributed by atoms with Gasteiger partial charge in [0.2, 0.25) is 5.91 Å². The van der Waals surface area contributed by atoms with E-state index in [1.165, 1.54) is 12.8 Å². The molecule has 0 bridgehead atoms. The number of aliphatic carboxylic acids is 2. The summed E-state index contributed by atoms with van der Waals surface area (Å²) in [5.41, 5.74) is 5.76. The van der Waals surface area contributed by atoms with Crippen LogP contribution in [0.1, 0.15) is 24.8 Å². The molecule has 0 radical (unpaired) electrons. The number of piperazine rings is 1. The second-order valence-electron chi connectivity index (χ2n) is 7.92. The SMILES string of the molecule is Cl.Cl.N[C@@H](CC(=O)O)C(=O)O.O=C(Cc1ccc(Cl)c(Cl)c1)N1CCNCC1CN1CCCC1. The lowest BCUT2D eigenvalue weighted by Crippen LogP contribution is -2.57. The zero-order valence-corrected chi connectivity index (χ0v) is 21.8. The molecule has 13 heteroatoms. The van der Waals surface area contributed by atoms with Crippen molar-refractivity contribution in [3.8, 4) is 0 Å². The number of carbonyl (C=O) groups excluding carboxylic acids is 1. The molecule has 3 rings (SSSR count). The minimum atomic E-state index is -1.29. The maximum Gasteiger partial charge on any atom is 0.321 e. The van der Waals surface area contributed by atoms with Gasteiger partial charge >= 0.3 is 11.9 Å². The summed E-state index contributed by atoms with van der Waals surface area (Å²) in [5, 5.41) is 20.5. The number of nitrogens with two attached hydrogens (primary N) is 1. The summed E-state index contributed by atoms with van der Waals surface area (Å²) in [5.74, 6) is -2.32. The van der Waals surface area contributed by atoms with Crippen molar-refractivity contribution in [3.63, 3.8) is 0 Å². The first-order chi connectivity index (χ1) is 15.2. The number of halogens is 4. The van der Waals surface area contributed by atoms with Gasteiger partial charge in [-0.05, 0) is 43.6 Å². The fraction of sp³-hybridized carbons (Fsp3) is 0.571. The van der Waals surface area contributed by atoms with Gasteiger partial charge < -0.3 is 31.1 Å². The van der Waals surface area contributed by atoms with Gasteiger partial charge in [0.15, 0.2) is 0 Å². The fourth-order valence-electron chi connectivity index (χ4n) is 3.72. The Kier molecular flexibility index (Phi) is 15.7. The molecule has 2 heterocycles.